The number of nitrogens with two attached hydrogens (primary N) is 1. The monoisotopic (exact) mass is 307 g/mol. The van der Waals surface area contributed by atoms with Gasteiger partial charge < -0.3 is 10.7 Å². The van der Waals surface area contributed by atoms with Crippen LogP contribution in [-0.4, -0.2) is 34.0 Å². The Morgan fingerprint density at radius 1 is 1.38 bits per heavy atom. The molecule has 1 unspecified atom stereocenters. The molecule has 5 N–H and O–H groups in total. The molecule has 0 aliphatic carbocycles. The van der Waals surface area contributed by atoms with Crippen LogP contribution in [0.25, 0.3) is 10.9 Å². The molecular formula is C11H13N7O2S. The van der Waals surface area contributed by atoms with Crippen molar-refractivity contribution in [3.8, 4) is 0 Å². The van der Waals surface area contributed by atoms with E-state index in [9.17, 15) is 8.42 Å². The van der Waals surface area contributed by atoms with Gasteiger partial charge in [-0.1, -0.05) is 5.21 Å². The summed E-state index contributed by atoms with van der Waals surface area (Å²) in [5.74, 6) is 0.262. The fourth-order valence-electron chi connectivity index (χ4n) is 2.04. The summed E-state index contributed by atoms with van der Waals surface area (Å²) in [7, 11) is -3.74. The number of fused-ring (bicyclic) bond motifs is 1. The van der Waals surface area contributed by atoms with Crippen LogP contribution in [0.5, 0.6) is 0 Å². The van der Waals surface area contributed by atoms with Crippen LogP contribution in [0.4, 0.5) is 5.69 Å². The van der Waals surface area contributed by atoms with Gasteiger partial charge in [-0.15, -0.1) is 10.2 Å². The lowest BCUT2D eigenvalue weighted by Crippen LogP contribution is -2.27. The molecule has 0 aliphatic heterocycles. The van der Waals surface area contributed by atoms with Crippen molar-refractivity contribution in [2.24, 2.45) is 0 Å². The highest BCUT2D eigenvalue weighted by molar-refractivity contribution is 7.89. The summed E-state index contributed by atoms with van der Waals surface area (Å²) >= 11 is 0. The Bertz CT molecular complexity index is 869. The van der Waals surface area contributed by atoms with Crippen molar-refractivity contribution in [3.63, 3.8) is 0 Å². The van der Waals surface area contributed by atoms with Crippen molar-refractivity contribution >= 4 is 26.6 Å². The molecular weight excluding hydrogens is 294 g/mol. The Hall–Kier alpha value is -2.46. The molecule has 2 heterocycles. The van der Waals surface area contributed by atoms with Crippen LogP contribution in [0.2, 0.25) is 0 Å². The summed E-state index contributed by atoms with van der Waals surface area (Å²) in [6.45, 7) is 1.63. The number of benzene rings is 1. The van der Waals surface area contributed by atoms with Crippen LogP contribution >= 0.6 is 0 Å². The SMILES string of the molecule is CC(NS(=O)(=O)c1c[nH]c2ccc(N)cc12)c1nn[nH]n1. The van der Waals surface area contributed by atoms with Crippen molar-refractivity contribution in [3.05, 3.63) is 30.2 Å². The Labute approximate surface area is 120 Å². The average Bonchev–Trinajstić information content (AvgIpc) is 3.07. The van der Waals surface area contributed by atoms with Crippen molar-refractivity contribution in [1.29, 1.82) is 0 Å². The Morgan fingerprint density at radius 2 is 2.19 bits per heavy atom. The number of hydrogen-bond acceptors (Lipinski definition) is 6. The molecule has 0 fully saturated rings. The molecule has 10 heteroatoms. The zero-order valence-corrected chi connectivity index (χ0v) is 11.8. The highest BCUT2D eigenvalue weighted by Gasteiger charge is 2.23. The first-order valence-electron chi connectivity index (χ1n) is 6.09. The van der Waals surface area contributed by atoms with Crippen molar-refractivity contribution in [2.45, 2.75) is 17.9 Å². The van der Waals surface area contributed by atoms with Crippen LogP contribution in [0.3, 0.4) is 0 Å². The Morgan fingerprint density at radius 3 is 2.90 bits per heavy atom. The van der Waals surface area contributed by atoms with Crippen molar-refractivity contribution in [1.82, 2.24) is 30.3 Å². The number of anilines is 1. The number of nitrogens with zero attached hydrogens (tertiary/aromatic N) is 3. The van der Waals surface area contributed by atoms with E-state index < -0.39 is 16.1 Å². The molecule has 2 aromatic heterocycles. The number of sulfonamides is 1. The molecule has 9 nitrogen and oxygen atoms in total. The molecule has 0 bridgehead atoms. The number of nitrogens with one attached hydrogen (secondary N) is 3. The zero-order chi connectivity index (χ0) is 15.0. The molecule has 1 aromatic carbocycles. The molecule has 21 heavy (non-hydrogen) atoms. The maximum absolute atomic E-state index is 12.5. The van der Waals surface area contributed by atoms with Gasteiger partial charge in [0.25, 0.3) is 0 Å². The summed E-state index contributed by atoms with van der Waals surface area (Å²) in [6, 6.07) is 4.43. The van der Waals surface area contributed by atoms with Gasteiger partial charge in [0.1, 0.15) is 4.90 Å². The second kappa shape index (κ2) is 4.82. The largest absolute Gasteiger partial charge is 0.399 e. The lowest BCUT2D eigenvalue weighted by molar-refractivity contribution is 0.561. The van der Waals surface area contributed by atoms with E-state index in [1.807, 2.05) is 0 Å². The number of tetrazole rings is 1. The Kier molecular flexibility index (Phi) is 3.11. The van der Waals surface area contributed by atoms with Gasteiger partial charge in [-0.25, -0.2) is 13.1 Å². The van der Waals surface area contributed by atoms with Crippen LogP contribution < -0.4 is 10.5 Å². The smallest absolute Gasteiger partial charge is 0.243 e. The predicted octanol–water partition coefficient (Wildman–Crippen LogP) is 0.303. The normalized spacial score (nSPS) is 13.6. The molecule has 0 saturated heterocycles. The summed E-state index contributed by atoms with van der Waals surface area (Å²) in [5, 5.41) is 13.7. The number of aromatic nitrogens is 5. The number of nitrogen functional groups attached to an aromatic ring is 1. The number of aromatic amines is 2. The fourth-order valence-corrected chi connectivity index (χ4v) is 3.41. The molecule has 0 spiro atoms. The van der Waals surface area contributed by atoms with Gasteiger partial charge >= 0.3 is 0 Å². The minimum atomic E-state index is -3.74. The number of hydrogen-bond donors (Lipinski definition) is 4. The Balaban J connectivity index is 1.98. The summed E-state index contributed by atoms with van der Waals surface area (Å²) in [5.41, 5.74) is 6.89. The third kappa shape index (κ3) is 2.45. The minimum absolute atomic E-state index is 0.125. The average molecular weight is 307 g/mol. The minimum Gasteiger partial charge on any atom is -0.399 e. The van der Waals surface area contributed by atoms with Crippen LogP contribution in [-0.2, 0) is 10.0 Å². The number of H-pyrrole nitrogens is 2. The highest BCUT2D eigenvalue weighted by atomic mass is 32.2. The molecule has 3 rings (SSSR count). The topological polar surface area (TPSA) is 142 Å². The third-order valence-electron chi connectivity index (χ3n) is 3.04. The van der Waals surface area contributed by atoms with E-state index in [-0.39, 0.29) is 10.7 Å². The van der Waals surface area contributed by atoms with Gasteiger partial charge in [0.2, 0.25) is 10.0 Å². The third-order valence-corrected chi connectivity index (χ3v) is 4.62. The molecule has 1 atom stereocenters. The van der Waals surface area contributed by atoms with E-state index in [1.54, 1.807) is 25.1 Å². The molecule has 3 aromatic rings. The van der Waals surface area contributed by atoms with Gasteiger partial charge in [0.15, 0.2) is 5.82 Å². The zero-order valence-electron chi connectivity index (χ0n) is 11.0. The van der Waals surface area contributed by atoms with E-state index in [0.29, 0.717) is 16.6 Å². The molecule has 0 aliphatic rings. The van der Waals surface area contributed by atoms with Crippen LogP contribution in [0.15, 0.2) is 29.3 Å². The van der Waals surface area contributed by atoms with Gasteiger partial charge in [0, 0.05) is 22.8 Å². The van der Waals surface area contributed by atoms with Crippen molar-refractivity contribution < 1.29 is 8.42 Å². The van der Waals surface area contributed by atoms with Crippen LogP contribution in [0.1, 0.15) is 18.8 Å². The molecule has 0 radical (unpaired) electrons. The van der Waals surface area contributed by atoms with Gasteiger partial charge in [0.05, 0.1) is 6.04 Å². The second-order valence-corrected chi connectivity index (χ2v) is 6.25. The van der Waals surface area contributed by atoms with E-state index in [0.717, 1.165) is 0 Å². The standard InChI is InChI=1S/C11H13N7O2S/c1-6(11-14-17-18-15-11)16-21(19,20)10-5-13-9-3-2-7(12)4-8(9)10/h2-6,13,16H,12H2,1H3,(H,14,15,17,18). The second-order valence-electron chi connectivity index (χ2n) is 4.57. The van der Waals surface area contributed by atoms with Crippen LogP contribution in [0, 0.1) is 0 Å². The first kappa shape index (κ1) is 13.5. The first-order valence-corrected chi connectivity index (χ1v) is 7.58. The van der Waals surface area contributed by atoms with Gasteiger partial charge in [-0.3, -0.25) is 0 Å². The lowest BCUT2D eigenvalue weighted by Gasteiger charge is -2.10. The quantitative estimate of drug-likeness (QED) is 0.511. The predicted molar refractivity (Wildman–Crippen MR) is 75.6 cm³/mol. The summed E-state index contributed by atoms with van der Waals surface area (Å²) in [4.78, 5) is 3.03. The van der Waals surface area contributed by atoms with E-state index >= 15 is 0 Å². The van der Waals surface area contributed by atoms with Crippen molar-refractivity contribution in [2.75, 3.05) is 5.73 Å². The number of rotatable bonds is 4. The van der Waals surface area contributed by atoms with Gasteiger partial charge in [-0.05, 0) is 25.1 Å². The van der Waals surface area contributed by atoms with E-state index in [2.05, 4.69) is 30.3 Å². The van der Waals surface area contributed by atoms with E-state index in [1.165, 1.54) is 6.20 Å². The van der Waals surface area contributed by atoms with E-state index in [4.69, 9.17) is 5.73 Å². The maximum atomic E-state index is 12.5. The molecule has 110 valence electrons. The first-order chi connectivity index (χ1) is 9.97. The lowest BCUT2D eigenvalue weighted by atomic mass is 10.2. The summed E-state index contributed by atoms with van der Waals surface area (Å²) in [6.07, 6.45) is 1.43. The van der Waals surface area contributed by atoms with Gasteiger partial charge in [-0.2, -0.15) is 5.21 Å². The maximum Gasteiger partial charge on any atom is 0.243 e. The highest BCUT2D eigenvalue weighted by Crippen LogP contribution is 2.25. The molecule has 0 saturated carbocycles. The fraction of sp³-hybridized carbons (Fsp3) is 0.182. The molecule has 0 amide bonds. The summed E-state index contributed by atoms with van der Waals surface area (Å²) < 4.78 is 27.4.